The molecule has 0 radical (unpaired) electrons. The lowest BCUT2D eigenvalue weighted by atomic mass is 9.91. The van der Waals surface area contributed by atoms with E-state index >= 15 is 0 Å². The lowest BCUT2D eigenvalue weighted by Crippen LogP contribution is -2.20. The van der Waals surface area contributed by atoms with Gasteiger partial charge in [-0.1, -0.05) is 36.8 Å². The number of hydrogen-bond donors (Lipinski definition) is 2. The third-order valence-corrected chi connectivity index (χ3v) is 6.50. The first-order valence-corrected chi connectivity index (χ1v) is 10.9. The molecule has 5 nitrogen and oxygen atoms in total. The SMILES string of the molecule is CCC#CC(C)(O)CC=C[C@H]1CCC(=O)[C@@H]1CCSc1nc(C(=O)O)cs1. The molecule has 3 atom stereocenters. The normalized spacial score (nSPS) is 21.8. The van der Waals surface area contributed by atoms with E-state index in [-0.39, 0.29) is 23.3 Å². The van der Waals surface area contributed by atoms with Crippen molar-refractivity contribution in [2.24, 2.45) is 11.8 Å². The number of aliphatic hydroxyl groups is 1. The Morgan fingerprint density at radius 1 is 1.56 bits per heavy atom. The largest absolute Gasteiger partial charge is 0.476 e. The second-order valence-corrected chi connectivity index (χ2v) is 8.98. The predicted octanol–water partition coefficient (Wildman–Crippen LogP) is 4.03. The van der Waals surface area contributed by atoms with E-state index in [9.17, 15) is 14.7 Å². The first-order valence-electron chi connectivity index (χ1n) is 9.06. The van der Waals surface area contributed by atoms with Gasteiger partial charge < -0.3 is 10.2 Å². The van der Waals surface area contributed by atoms with E-state index in [4.69, 9.17) is 5.11 Å². The zero-order chi connectivity index (χ0) is 19.9. The van der Waals surface area contributed by atoms with Gasteiger partial charge in [0, 0.05) is 36.3 Å². The molecular formula is C20H25NO4S2. The van der Waals surface area contributed by atoms with Crippen molar-refractivity contribution >= 4 is 34.9 Å². The van der Waals surface area contributed by atoms with Crippen LogP contribution in [0.5, 0.6) is 0 Å². The fourth-order valence-corrected chi connectivity index (χ4v) is 4.93. The van der Waals surface area contributed by atoms with E-state index in [0.717, 1.165) is 22.9 Å². The Morgan fingerprint density at radius 2 is 2.33 bits per heavy atom. The summed E-state index contributed by atoms with van der Waals surface area (Å²) >= 11 is 2.81. The summed E-state index contributed by atoms with van der Waals surface area (Å²) in [4.78, 5) is 27.1. The van der Waals surface area contributed by atoms with Gasteiger partial charge in [0.1, 0.15) is 11.4 Å². The van der Waals surface area contributed by atoms with E-state index in [0.29, 0.717) is 19.3 Å². The molecule has 2 N–H and O–H groups in total. The average molecular weight is 408 g/mol. The summed E-state index contributed by atoms with van der Waals surface area (Å²) in [6.07, 6.45) is 7.33. The third-order valence-electron chi connectivity index (χ3n) is 4.44. The molecule has 1 fully saturated rings. The molecule has 27 heavy (non-hydrogen) atoms. The molecule has 1 aromatic rings. The first kappa shape index (κ1) is 21.7. The van der Waals surface area contributed by atoms with Crippen molar-refractivity contribution < 1.29 is 19.8 Å². The number of hydrogen-bond acceptors (Lipinski definition) is 6. The van der Waals surface area contributed by atoms with E-state index < -0.39 is 11.6 Å². The summed E-state index contributed by atoms with van der Waals surface area (Å²) in [5.41, 5.74) is -0.967. The molecule has 146 valence electrons. The van der Waals surface area contributed by atoms with Gasteiger partial charge in [-0.2, -0.15) is 0 Å². The maximum absolute atomic E-state index is 12.2. The van der Waals surface area contributed by atoms with Crippen LogP contribution in [0.4, 0.5) is 0 Å². The molecule has 0 aromatic carbocycles. The molecule has 1 aromatic heterocycles. The van der Waals surface area contributed by atoms with Crippen LogP contribution in [-0.4, -0.2) is 38.3 Å². The number of carboxylic acids is 1. The van der Waals surface area contributed by atoms with E-state index in [1.165, 1.54) is 28.5 Å². The topological polar surface area (TPSA) is 87.5 Å². The van der Waals surface area contributed by atoms with Gasteiger partial charge in [0.2, 0.25) is 0 Å². The quantitative estimate of drug-likeness (QED) is 0.384. The lowest BCUT2D eigenvalue weighted by Gasteiger charge is -2.16. The van der Waals surface area contributed by atoms with Crippen molar-refractivity contribution in [3.8, 4) is 11.8 Å². The highest BCUT2D eigenvalue weighted by molar-refractivity contribution is 8.01. The van der Waals surface area contributed by atoms with Crippen LogP contribution in [0.3, 0.4) is 0 Å². The summed E-state index contributed by atoms with van der Waals surface area (Å²) in [5.74, 6) is 5.93. The third kappa shape index (κ3) is 6.80. The highest BCUT2D eigenvalue weighted by Gasteiger charge is 2.32. The highest BCUT2D eigenvalue weighted by atomic mass is 32.2. The van der Waals surface area contributed by atoms with Crippen LogP contribution >= 0.6 is 23.1 Å². The molecule has 1 aliphatic carbocycles. The molecule has 1 saturated carbocycles. The Balaban J connectivity index is 1.86. The van der Waals surface area contributed by atoms with Gasteiger partial charge in [0.05, 0.1) is 0 Å². The summed E-state index contributed by atoms with van der Waals surface area (Å²) in [5, 5.41) is 20.6. The van der Waals surface area contributed by atoms with Gasteiger partial charge in [-0.05, 0) is 25.7 Å². The molecule has 1 aliphatic rings. The van der Waals surface area contributed by atoms with Gasteiger partial charge in [0.25, 0.3) is 0 Å². The van der Waals surface area contributed by atoms with E-state index in [1.807, 2.05) is 19.1 Å². The minimum atomic E-state index is -1.03. The second kappa shape index (κ2) is 10.1. The summed E-state index contributed by atoms with van der Waals surface area (Å²) in [7, 11) is 0. The van der Waals surface area contributed by atoms with Gasteiger partial charge in [-0.25, -0.2) is 9.78 Å². The number of thioether (sulfide) groups is 1. The van der Waals surface area contributed by atoms with Crippen molar-refractivity contribution in [2.45, 2.75) is 55.9 Å². The Morgan fingerprint density at radius 3 is 3.00 bits per heavy atom. The zero-order valence-electron chi connectivity index (χ0n) is 15.6. The monoisotopic (exact) mass is 407 g/mol. The Bertz CT molecular complexity index is 758. The maximum Gasteiger partial charge on any atom is 0.355 e. The Kier molecular flexibility index (Phi) is 8.08. The first-order chi connectivity index (χ1) is 12.8. The fourth-order valence-electron chi connectivity index (χ4n) is 3.04. The Hall–Kier alpha value is -1.62. The minimum Gasteiger partial charge on any atom is -0.476 e. The van der Waals surface area contributed by atoms with Gasteiger partial charge in [-0.3, -0.25) is 4.79 Å². The lowest BCUT2D eigenvalue weighted by molar-refractivity contribution is -0.121. The van der Waals surface area contributed by atoms with Crippen LogP contribution in [0.1, 0.15) is 56.4 Å². The number of thiazole rings is 1. The molecule has 7 heteroatoms. The number of rotatable bonds is 8. The van der Waals surface area contributed by atoms with Crippen LogP contribution in [0.2, 0.25) is 0 Å². The van der Waals surface area contributed by atoms with Crippen LogP contribution in [0, 0.1) is 23.7 Å². The molecule has 0 spiro atoms. The average Bonchev–Trinajstić information content (AvgIpc) is 3.22. The molecule has 2 rings (SSSR count). The number of aromatic carboxylic acids is 1. The van der Waals surface area contributed by atoms with Gasteiger partial charge in [0.15, 0.2) is 10.0 Å². The van der Waals surface area contributed by atoms with E-state index in [1.54, 1.807) is 6.92 Å². The van der Waals surface area contributed by atoms with Crippen LogP contribution < -0.4 is 0 Å². The van der Waals surface area contributed by atoms with Crippen molar-refractivity contribution in [3.63, 3.8) is 0 Å². The molecule has 0 amide bonds. The molecule has 1 heterocycles. The highest BCUT2D eigenvalue weighted by Crippen LogP contribution is 2.35. The number of Topliss-reactive ketones (excluding diaryl/α,β-unsaturated/α-hetero) is 1. The number of carbonyl (C=O) groups is 2. The number of aromatic nitrogens is 1. The zero-order valence-corrected chi connectivity index (χ0v) is 17.2. The van der Waals surface area contributed by atoms with Crippen LogP contribution in [0.15, 0.2) is 21.9 Å². The number of ketones is 1. The molecular weight excluding hydrogens is 382 g/mol. The van der Waals surface area contributed by atoms with Crippen molar-refractivity contribution in [1.29, 1.82) is 0 Å². The van der Waals surface area contributed by atoms with Crippen molar-refractivity contribution in [3.05, 3.63) is 23.2 Å². The minimum absolute atomic E-state index is 0.0145. The van der Waals surface area contributed by atoms with Crippen molar-refractivity contribution in [2.75, 3.05) is 5.75 Å². The van der Waals surface area contributed by atoms with Crippen LogP contribution in [0.25, 0.3) is 0 Å². The number of nitrogens with zero attached hydrogens (tertiary/aromatic N) is 1. The molecule has 1 unspecified atom stereocenters. The van der Waals surface area contributed by atoms with Crippen molar-refractivity contribution in [1.82, 2.24) is 4.98 Å². The Labute approximate surface area is 168 Å². The standard InChI is InChI=1S/C20H25NO4S2/c1-3-4-10-20(2,25)11-5-6-14-7-8-17(22)15(14)9-12-26-19-21-16(13-27-19)18(23)24/h5-6,13-15,25H,3,7-9,11-12H2,1-2H3,(H,23,24)/t14-,15+,20?/m0/s1. The number of allylic oxidation sites excluding steroid dienone is 1. The fraction of sp³-hybridized carbons (Fsp3) is 0.550. The maximum atomic E-state index is 12.2. The molecule has 0 bridgehead atoms. The summed E-state index contributed by atoms with van der Waals surface area (Å²) in [6, 6.07) is 0. The number of carboxylic acid groups (broad SMARTS) is 1. The van der Waals surface area contributed by atoms with E-state index in [2.05, 4.69) is 16.8 Å². The summed E-state index contributed by atoms with van der Waals surface area (Å²) < 4.78 is 0.718. The van der Waals surface area contributed by atoms with Crippen LogP contribution in [-0.2, 0) is 4.79 Å². The van der Waals surface area contributed by atoms with Gasteiger partial charge >= 0.3 is 5.97 Å². The molecule has 0 aliphatic heterocycles. The predicted molar refractivity (Wildman–Crippen MR) is 108 cm³/mol. The molecule has 0 saturated heterocycles. The van der Waals surface area contributed by atoms with Gasteiger partial charge in [-0.15, -0.1) is 17.3 Å². The number of carbonyl (C=O) groups excluding carboxylic acids is 1. The second-order valence-electron chi connectivity index (χ2n) is 6.78. The summed E-state index contributed by atoms with van der Waals surface area (Å²) in [6.45, 7) is 3.65. The smallest absolute Gasteiger partial charge is 0.355 e.